The summed E-state index contributed by atoms with van der Waals surface area (Å²) in [6.07, 6.45) is 4.75. The highest BCUT2D eigenvalue weighted by atomic mass is 35.5. The van der Waals surface area contributed by atoms with Gasteiger partial charge in [0.2, 0.25) is 11.8 Å². The number of fused-ring (bicyclic) bond motifs is 1. The lowest BCUT2D eigenvalue weighted by Gasteiger charge is -2.13. The van der Waals surface area contributed by atoms with Gasteiger partial charge in [-0.3, -0.25) is 13.9 Å². The summed E-state index contributed by atoms with van der Waals surface area (Å²) in [5, 5.41) is 8.55. The summed E-state index contributed by atoms with van der Waals surface area (Å²) in [5.41, 5.74) is 0.938. The molecule has 0 N–H and O–H groups in total. The third-order valence-corrected chi connectivity index (χ3v) is 5.72. The maximum atomic E-state index is 13.1. The predicted molar refractivity (Wildman–Crippen MR) is 123 cm³/mol. The lowest BCUT2D eigenvalue weighted by Crippen LogP contribution is -2.41. The normalized spacial score (nSPS) is 12.8. The van der Waals surface area contributed by atoms with Crippen LogP contribution < -0.4 is 11.2 Å². The first kappa shape index (κ1) is 22.2. The Morgan fingerprint density at radius 1 is 1.00 bits per heavy atom. The fourth-order valence-electron chi connectivity index (χ4n) is 3.87. The Balaban J connectivity index is 1.46. The predicted octanol–water partition coefficient (Wildman–Crippen LogP) is 3.63. The molecule has 1 aromatic carbocycles. The van der Waals surface area contributed by atoms with Gasteiger partial charge in [0.15, 0.2) is 0 Å². The van der Waals surface area contributed by atoms with E-state index in [-0.39, 0.29) is 24.2 Å². The molecule has 1 aliphatic rings. The average molecular weight is 456 g/mol. The van der Waals surface area contributed by atoms with E-state index in [0.717, 1.165) is 24.8 Å². The maximum absolute atomic E-state index is 13.1. The van der Waals surface area contributed by atoms with Crippen LogP contribution in [0.1, 0.15) is 55.5 Å². The number of aromatic nitrogens is 4. The van der Waals surface area contributed by atoms with E-state index in [9.17, 15) is 9.59 Å². The largest absolute Gasteiger partial charge is 0.425 e. The average Bonchev–Trinajstić information content (AvgIpc) is 3.40. The highest BCUT2D eigenvalue weighted by Crippen LogP contribution is 2.24. The van der Waals surface area contributed by atoms with Gasteiger partial charge in [-0.1, -0.05) is 61.7 Å². The zero-order valence-electron chi connectivity index (χ0n) is 18.1. The van der Waals surface area contributed by atoms with Gasteiger partial charge in [-0.15, -0.1) is 10.2 Å². The standard InChI is InChI=1S/C23H26ClN5O3/c1-2-3-7-12-28-21-17(15-18(24)25-21)22(30)29(23(28)31)13-8-11-19-26-27-20(32-19)14-16-9-5-4-6-10-16/h4-6,9-10H,2-3,7-8,11-15H2,1H3. The van der Waals surface area contributed by atoms with Gasteiger partial charge in [0.25, 0.3) is 5.56 Å². The molecule has 1 aliphatic heterocycles. The van der Waals surface area contributed by atoms with Gasteiger partial charge >= 0.3 is 5.69 Å². The molecule has 0 fully saturated rings. The Morgan fingerprint density at radius 2 is 1.75 bits per heavy atom. The summed E-state index contributed by atoms with van der Waals surface area (Å²) in [7, 11) is 0. The third-order valence-electron chi connectivity index (χ3n) is 5.51. The molecule has 0 radical (unpaired) electrons. The van der Waals surface area contributed by atoms with E-state index in [0.29, 0.717) is 54.1 Å². The summed E-state index contributed by atoms with van der Waals surface area (Å²) in [5.74, 6) is 1.46. The number of rotatable bonds is 10. The molecule has 0 atom stereocenters. The van der Waals surface area contributed by atoms with Crippen molar-refractivity contribution in [3.8, 4) is 0 Å². The van der Waals surface area contributed by atoms with Crippen LogP contribution in [0.3, 0.4) is 0 Å². The summed E-state index contributed by atoms with van der Waals surface area (Å²) < 4.78 is 8.61. The summed E-state index contributed by atoms with van der Waals surface area (Å²) in [4.78, 5) is 30.2. The number of hydrogen-bond donors (Lipinski definition) is 0. The lowest BCUT2D eigenvalue weighted by molar-refractivity contribution is 0.439. The SMILES string of the molecule is CCCCCn1c2c(c(=O)n(CCCc3nnc(Cc4ccccc4)o3)c1=O)CC(Cl)=N2. The molecular weight excluding hydrogens is 430 g/mol. The Bertz CT molecular complexity index is 1230. The van der Waals surface area contributed by atoms with Crippen molar-refractivity contribution >= 4 is 22.6 Å². The first-order chi connectivity index (χ1) is 15.6. The molecule has 168 valence electrons. The summed E-state index contributed by atoms with van der Waals surface area (Å²) >= 11 is 6.09. The Labute approximate surface area is 190 Å². The number of aryl methyl sites for hydroxylation is 1. The molecule has 9 heteroatoms. The van der Waals surface area contributed by atoms with Crippen molar-refractivity contribution in [3.63, 3.8) is 0 Å². The Hall–Kier alpha value is -3.00. The molecule has 3 heterocycles. The maximum Gasteiger partial charge on any atom is 0.332 e. The van der Waals surface area contributed by atoms with Gasteiger partial charge in [0.1, 0.15) is 11.0 Å². The minimum Gasteiger partial charge on any atom is -0.425 e. The number of unbranched alkanes of at least 4 members (excludes halogenated alkanes) is 2. The first-order valence-corrected chi connectivity index (χ1v) is 11.4. The molecule has 0 aliphatic carbocycles. The van der Waals surface area contributed by atoms with Crippen LogP contribution in [-0.2, 0) is 32.4 Å². The second-order valence-corrected chi connectivity index (χ2v) is 8.36. The van der Waals surface area contributed by atoms with Crippen LogP contribution in [0.25, 0.3) is 0 Å². The van der Waals surface area contributed by atoms with Crippen LogP contribution in [-0.4, -0.2) is 24.5 Å². The smallest absolute Gasteiger partial charge is 0.332 e. The number of nitrogens with zero attached hydrogens (tertiary/aromatic N) is 5. The van der Waals surface area contributed by atoms with Gasteiger partial charge in [-0.2, -0.15) is 0 Å². The Kier molecular flexibility index (Phi) is 6.99. The molecule has 0 spiro atoms. The number of halogens is 1. The monoisotopic (exact) mass is 455 g/mol. The van der Waals surface area contributed by atoms with Gasteiger partial charge in [0.05, 0.1) is 12.0 Å². The van der Waals surface area contributed by atoms with E-state index in [1.165, 1.54) is 4.57 Å². The van der Waals surface area contributed by atoms with Crippen LogP contribution in [0.2, 0.25) is 0 Å². The fraction of sp³-hybridized carbons (Fsp3) is 0.435. The topological polar surface area (TPSA) is 95.3 Å². The molecule has 0 saturated heterocycles. The molecular formula is C23H26ClN5O3. The van der Waals surface area contributed by atoms with E-state index in [2.05, 4.69) is 22.1 Å². The zero-order chi connectivity index (χ0) is 22.5. The van der Waals surface area contributed by atoms with Gasteiger partial charge < -0.3 is 4.42 Å². The number of benzene rings is 1. The molecule has 0 unspecified atom stereocenters. The van der Waals surface area contributed by atoms with Crippen molar-refractivity contribution in [1.29, 1.82) is 0 Å². The number of hydrogen-bond acceptors (Lipinski definition) is 6. The minimum atomic E-state index is -0.338. The molecule has 0 bridgehead atoms. The Morgan fingerprint density at radius 3 is 2.53 bits per heavy atom. The van der Waals surface area contributed by atoms with E-state index >= 15 is 0 Å². The number of aliphatic imine (C=N–C) groups is 1. The quantitative estimate of drug-likeness (QED) is 0.435. The second-order valence-electron chi connectivity index (χ2n) is 7.92. The highest BCUT2D eigenvalue weighted by molar-refractivity contribution is 6.66. The summed E-state index contributed by atoms with van der Waals surface area (Å²) in [6, 6.07) is 9.90. The fourth-order valence-corrected chi connectivity index (χ4v) is 4.08. The van der Waals surface area contributed by atoms with Gasteiger partial charge in [-0.05, 0) is 18.4 Å². The van der Waals surface area contributed by atoms with Crippen molar-refractivity contribution in [2.24, 2.45) is 4.99 Å². The lowest BCUT2D eigenvalue weighted by atomic mass is 10.2. The molecule has 32 heavy (non-hydrogen) atoms. The summed E-state index contributed by atoms with van der Waals surface area (Å²) in [6.45, 7) is 2.90. The molecule has 0 amide bonds. The van der Waals surface area contributed by atoms with Crippen molar-refractivity contribution in [1.82, 2.24) is 19.3 Å². The third kappa shape index (κ3) is 4.91. The molecule has 2 aromatic heterocycles. The van der Waals surface area contributed by atoms with Crippen molar-refractivity contribution in [3.05, 3.63) is 74.1 Å². The van der Waals surface area contributed by atoms with Gasteiger partial charge in [0, 0.05) is 25.9 Å². The van der Waals surface area contributed by atoms with Crippen molar-refractivity contribution in [2.75, 3.05) is 0 Å². The molecule has 3 aromatic rings. The van der Waals surface area contributed by atoms with Crippen LogP contribution in [0.4, 0.5) is 5.82 Å². The zero-order valence-corrected chi connectivity index (χ0v) is 18.8. The highest BCUT2D eigenvalue weighted by Gasteiger charge is 2.24. The van der Waals surface area contributed by atoms with Gasteiger partial charge in [-0.25, -0.2) is 9.79 Å². The van der Waals surface area contributed by atoms with E-state index in [1.54, 1.807) is 4.57 Å². The van der Waals surface area contributed by atoms with Crippen LogP contribution in [0.15, 0.2) is 49.3 Å². The second kappa shape index (κ2) is 10.1. The van der Waals surface area contributed by atoms with Crippen molar-refractivity contribution in [2.45, 2.75) is 65.0 Å². The minimum absolute atomic E-state index is 0.271. The first-order valence-electron chi connectivity index (χ1n) is 11.0. The van der Waals surface area contributed by atoms with E-state index < -0.39 is 0 Å². The van der Waals surface area contributed by atoms with E-state index in [4.69, 9.17) is 16.0 Å². The molecule has 0 saturated carbocycles. The van der Waals surface area contributed by atoms with E-state index in [1.807, 2.05) is 30.3 Å². The molecule has 4 rings (SSSR count). The molecule has 8 nitrogen and oxygen atoms in total. The van der Waals surface area contributed by atoms with Crippen LogP contribution in [0.5, 0.6) is 0 Å². The van der Waals surface area contributed by atoms with Crippen LogP contribution >= 0.6 is 11.6 Å². The van der Waals surface area contributed by atoms with Crippen LogP contribution in [0, 0.1) is 0 Å². The van der Waals surface area contributed by atoms with Crippen molar-refractivity contribution < 1.29 is 4.42 Å².